The van der Waals surface area contributed by atoms with Gasteiger partial charge in [-0.05, 0) is 30.7 Å². The molecule has 1 aliphatic heterocycles. The molecule has 0 bridgehead atoms. The van der Waals surface area contributed by atoms with Crippen molar-refractivity contribution in [2.45, 2.75) is 13.0 Å². The van der Waals surface area contributed by atoms with Gasteiger partial charge in [-0.3, -0.25) is 9.59 Å². The zero-order valence-corrected chi connectivity index (χ0v) is 13.5. The maximum absolute atomic E-state index is 12.2. The van der Waals surface area contributed by atoms with Gasteiger partial charge in [-0.25, -0.2) is 0 Å². The first-order valence-electron chi connectivity index (χ1n) is 7.59. The number of morpholine rings is 1. The van der Waals surface area contributed by atoms with Crippen molar-refractivity contribution in [2.75, 3.05) is 33.4 Å². The number of benzene rings is 1. The van der Waals surface area contributed by atoms with Crippen LogP contribution in [0, 0.1) is 0 Å². The van der Waals surface area contributed by atoms with Crippen molar-refractivity contribution < 1.29 is 19.1 Å². The number of amides is 2. The fraction of sp³-hybridized carbons (Fsp3) is 0.412. The lowest BCUT2D eigenvalue weighted by molar-refractivity contribution is -0.138. The van der Waals surface area contributed by atoms with Crippen LogP contribution in [0.4, 0.5) is 0 Å². The summed E-state index contributed by atoms with van der Waals surface area (Å²) in [5.74, 6) is 0.335. The Morgan fingerprint density at radius 2 is 2.09 bits per heavy atom. The van der Waals surface area contributed by atoms with Gasteiger partial charge in [0.15, 0.2) is 0 Å². The highest BCUT2D eigenvalue weighted by molar-refractivity contribution is 5.95. The maximum atomic E-state index is 12.2. The molecular formula is C17H22N2O4. The van der Waals surface area contributed by atoms with E-state index in [2.05, 4.69) is 5.32 Å². The summed E-state index contributed by atoms with van der Waals surface area (Å²) >= 11 is 0. The summed E-state index contributed by atoms with van der Waals surface area (Å²) in [7, 11) is 1.59. The zero-order chi connectivity index (χ0) is 16.7. The number of hydrogen-bond donors (Lipinski definition) is 1. The lowest BCUT2D eigenvalue weighted by Gasteiger charge is -2.29. The van der Waals surface area contributed by atoms with E-state index < -0.39 is 6.04 Å². The van der Waals surface area contributed by atoms with Crippen molar-refractivity contribution in [3.63, 3.8) is 0 Å². The molecule has 0 radical (unpaired) electrons. The van der Waals surface area contributed by atoms with Crippen LogP contribution in [0.15, 0.2) is 30.3 Å². The van der Waals surface area contributed by atoms with Gasteiger partial charge in [0.25, 0.3) is 0 Å². The molecule has 1 atom stereocenters. The molecule has 23 heavy (non-hydrogen) atoms. The van der Waals surface area contributed by atoms with E-state index in [9.17, 15) is 9.59 Å². The average Bonchev–Trinajstić information content (AvgIpc) is 2.60. The number of nitrogens with zero attached hydrogens (tertiary/aromatic N) is 1. The van der Waals surface area contributed by atoms with E-state index in [4.69, 9.17) is 9.47 Å². The van der Waals surface area contributed by atoms with Crippen LogP contribution >= 0.6 is 0 Å². The van der Waals surface area contributed by atoms with Gasteiger partial charge in [-0.2, -0.15) is 0 Å². The second-order valence-corrected chi connectivity index (χ2v) is 5.28. The monoisotopic (exact) mass is 318 g/mol. The normalized spacial score (nSPS) is 16.2. The largest absolute Gasteiger partial charge is 0.497 e. The van der Waals surface area contributed by atoms with Crippen molar-refractivity contribution in [1.29, 1.82) is 0 Å². The lowest BCUT2D eigenvalue weighted by atomic mass is 10.2. The van der Waals surface area contributed by atoms with E-state index in [1.165, 1.54) is 6.08 Å². The Bertz CT molecular complexity index is 580. The van der Waals surface area contributed by atoms with Crippen molar-refractivity contribution in [3.05, 3.63) is 35.9 Å². The van der Waals surface area contributed by atoms with Crippen molar-refractivity contribution in [3.8, 4) is 5.75 Å². The molecule has 1 fully saturated rings. The summed E-state index contributed by atoms with van der Waals surface area (Å²) in [4.78, 5) is 25.9. The van der Waals surface area contributed by atoms with Crippen LogP contribution in [0.1, 0.15) is 12.5 Å². The molecule has 6 heteroatoms. The number of carbonyl (C=O) groups is 2. The van der Waals surface area contributed by atoms with Crippen LogP contribution in [0.3, 0.4) is 0 Å². The summed E-state index contributed by atoms with van der Waals surface area (Å²) in [6, 6.07) is 6.82. The Balaban J connectivity index is 1.87. The molecule has 1 saturated heterocycles. The minimum absolute atomic E-state index is 0.0866. The van der Waals surface area contributed by atoms with E-state index in [-0.39, 0.29) is 11.8 Å². The Morgan fingerprint density at radius 1 is 1.35 bits per heavy atom. The van der Waals surface area contributed by atoms with Gasteiger partial charge in [0.05, 0.1) is 20.3 Å². The highest BCUT2D eigenvalue weighted by Crippen LogP contribution is 2.13. The summed E-state index contributed by atoms with van der Waals surface area (Å²) in [6.07, 6.45) is 3.10. The van der Waals surface area contributed by atoms with Crippen LogP contribution < -0.4 is 10.1 Å². The fourth-order valence-corrected chi connectivity index (χ4v) is 2.30. The van der Waals surface area contributed by atoms with E-state index in [1.807, 2.05) is 24.3 Å². The number of rotatable bonds is 5. The molecule has 1 N–H and O–H groups in total. The second kappa shape index (κ2) is 8.33. The molecular weight excluding hydrogens is 296 g/mol. The standard InChI is InChI=1S/C17H22N2O4/c1-13(17(21)19-8-10-23-11-9-19)18-16(20)7-6-14-4-3-5-15(12-14)22-2/h3-7,12-13H,8-11H2,1-2H3,(H,18,20)/b7-6+/t13-/m1/s1. The highest BCUT2D eigenvalue weighted by Gasteiger charge is 2.22. The van der Waals surface area contributed by atoms with Crippen LogP contribution in [0.2, 0.25) is 0 Å². The number of carbonyl (C=O) groups excluding carboxylic acids is 2. The van der Waals surface area contributed by atoms with Gasteiger partial charge >= 0.3 is 0 Å². The van der Waals surface area contributed by atoms with Gasteiger partial charge in [-0.15, -0.1) is 0 Å². The predicted molar refractivity (Wildman–Crippen MR) is 87.0 cm³/mol. The quantitative estimate of drug-likeness (QED) is 0.825. The molecule has 1 aromatic carbocycles. The molecule has 1 aromatic rings. The molecule has 6 nitrogen and oxygen atoms in total. The lowest BCUT2D eigenvalue weighted by Crippen LogP contribution is -2.50. The van der Waals surface area contributed by atoms with E-state index >= 15 is 0 Å². The van der Waals surface area contributed by atoms with Crippen LogP contribution in [-0.4, -0.2) is 56.2 Å². The number of ether oxygens (including phenoxy) is 2. The molecule has 124 valence electrons. The van der Waals surface area contributed by atoms with Crippen LogP contribution in [0.25, 0.3) is 6.08 Å². The number of hydrogen-bond acceptors (Lipinski definition) is 4. The zero-order valence-electron chi connectivity index (χ0n) is 13.5. The molecule has 0 spiro atoms. The summed E-state index contributed by atoms with van der Waals surface area (Å²) in [5.41, 5.74) is 0.853. The van der Waals surface area contributed by atoms with Crippen molar-refractivity contribution >= 4 is 17.9 Å². The van der Waals surface area contributed by atoms with E-state index in [1.54, 1.807) is 25.0 Å². The average molecular weight is 318 g/mol. The molecule has 0 unspecified atom stereocenters. The Labute approximate surface area is 136 Å². The first kappa shape index (κ1) is 17.0. The Hall–Kier alpha value is -2.34. The third-order valence-electron chi connectivity index (χ3n) is 3.57. The first-order chi connectivity index (χ1) is 11.1. The molecule has 1 aliphatic rings. The topological polar surface area (TPSA) is 67.9 Å². The van der Waals surface area contributed by atoms with Gasteiger partial charge in [-0.1, -0.05) is 12.1 Å². The summed E-state index contributed by atoms with van der Waals surface area (Å²) < 4.78 is 10.3. The van der Waals surface area contributed by atoms with Gasteiger partial charge in [0.1, 0.15) is 11.8 Å². The highest BCUT2D eigenvalue weighted by atomic mass is 16.5. The molecule has 2 rings (SSSR count). The van der Waals surface area contributed by atoms with E-state index in [0.717, 1.165) is 11.3 Å². The van der Waals surface area contributed by atoms with Crippen molar-refractivity contribution in [2.24, 2.45) is 0 Å². The predicted octanol–water partition coefficient (Wildman–Crippen LogP) is 1.07. The number of nitrogens with one attached hydrogen (secondary N) is 1. The summed E-state index contributed by atoms with van der Waals surface area (Å²) in [5, 5.41) is 2.69. The number of methoxy groups -OCH3 is 1. The molecule has 0 saturated carbocycles. The fourth-order valence-electron chi connectivity index (χ4n) is 2.30. The van der Waals surface area contributed by atoms with Gasteiger partial charge < -0.3 is 19.7 Å². The minimum Gasteiger partial charge on any atom is -0.497 e. The van der Waals surface area contributed by atoms with E-state index in [0.29, 0.717) is 26.3 Å². The first-order valence-corrected chi connectivity index (χ1v) is 7.59. The van der Waals surface area contributed by atoms with Crippen molar-refractivity contribution in [1.82, 2.24) is 10.2 Å². The smallest absolute Gasteiger partial charge is 0.245 e. The third kappa shape index (κ3) is 5.10. The Morgan fingerprint density at radius 3 is 2.78 bits per heavy atom. The third-order valence-corrected chi connectivity index (χ3v) is 3.57. The molecule has 0 aliphatic carbocycles. The second-order valence-electron chi connectivity index (χ2n) is 5.28. The molecule has 0 aromatic heterocycles. The van der Waals surface area contributed by atoms with Gasteiger partial charge in [0.2, 0.25) is 11.8 Å². The van der Waals surface area contributed by atoms with Crippen LogP contribution in [0.5, 0.6) is 5.75 Å². The van der Waals surface area contributed by atoms with Gasteiger partial charge in [0, 0.05) is 19.2 Å². The molecule has 2 amide bonds. The maximum Gasteiger partial charge on any atom is 0.245 e. The minimum atomic E-state index is -0.560. The van der Waals surface area contributed by atoms with Crippen LogP contribution in [-0.2, 0) is 14.3 Å². The SMILES string of the molecule is COc1cccc(/C=C/C(=O)N[C@H](C)C(=O)N2CCOCC2)c1. The molecule has 1 heterocycles. The summed E-state index contributed by atoms with van der Waals surface area (Å²) in [6.45, 7) is 3.91. The Kier molecular flexibility index (Phi) is 6.17.